The third-order valence-electron chi connectivity index (χ3n) is 2.79. The molecule has 0 spiro atoms. The van der Waals surface area contributed by atoms with E-state index >= 15 is 0 Å². The minimum atomic E-state index is -3.74. The van der Waals surface area contributed by atoms with Crippen LogP contribution in [0.4, 0.5) is 5.69 Å². The van der Waals surface area contributed by atoms with Gasteiger partial charge in [-0.3, -0.25) is 0 Å². The summed E-state index contributed by atoms with van der Waals surface area (Å²) in [5.41, 5.74) is 6.50. The maximum absolute atomic E-state index is 12.5. The van der Waals surface area contributed by atoms with Crippen LogP contribution >= 0.6 is 11.6 Å². The minimum absolute atomic E-state index is 0.00667. The predicted molar refractivity (Wildman–Crippen MR) is 78.3 cm³/mol. The first-order chi connectivity index (χ1) is 9.34. The third kappa shape index (κ3) is 3.83. The Morgan fingerprint density at radius 2 is 2.05 bits per heavy atom. The van der Waals surface area contributed by atoms with E-state index in [0.29, 0.717) is 10.6 Å². The first kappa shape index (κ1) is 17.2. The van der Waals surface area contributed by atoms with Crippen molar-refractivity contribution in [3.8, 4) is 0 Å². The number of aryl methyl sites for hydroxylation is 1. The van der Waals surface area contributed by atoms with E-state index in [4.69, 9.17) is 27.2 Å². The van der Waals surface area contributed by atoms with E-state index < -0.39 is 10.0 Å². The van der Waals surface area contributed by atoms with E-state index in [-0.39, 0.29) is 36.9 Å². The van der Waals surface area contributed by atoms with Gasteiger partial charge < -0.3 is 15.6 Å². The van der Waals surface area contributed by atoms with Gasteiger partial charge in [0.05, 0.1) is 28.8 Å². The number of hydrogen-bond acceptors (Lipinski definition) is 5. The van der Waals surface area contributed by atoms with E-state index in [1.54, 1.807) is 6.92 Å². The van der Waals surface area contributed by atoms with Crippen molar-refractivity contribution in [3.63, 3.8) is 0 Å². The number of aliphatic hydroxyl groups excluding tert-OH is 1. The van der Waals surface area contributed by atoms with Gasteiger partial charge in [0.15, 0.2) is 0 Å². The number of methoxy groups -OCH3 is 1. The van der Waals surface area contributed by atoms with Gasteiger partial charge in [0, 0.05) is 20.2 Å². The fraction of sp³-hybridized carbons (Fsp3) is 0.500. The second kappa shape index (κ2) is 7.24. The molecule has 20 heavy (non-hydrogen) atoms. The van der Waals surface area contributed by atoms with Crippen LogP contribution in [0, 0.1) is 6.92 Å². The van der Waals surface area contributed by atoms with Gasteiger partial charge in [-0.25, -0.2) is 8.42 Å². The number of anilines is 1. The molecule has 0 saturated carbocycles. The summed E-state index contributed by atoms with van der Waals surface area (Å²) in [6.45, 7) is 1.80. The Labute approximate surface area is 124 Å². The number of halogens is 1. The first-order valence-electron chi connectivity index (χ1n) is 6.00. The molecule has 0 aliphatic carbocycles. The normalized spacial score (nSPS) is 12.1. The van der Waals surface area contributed by atoms with Crippen LogP contribution in [-0.4, -0.2) is 51.2 Å². The maximum Gasteiger partial charge on any atom is 0.243 e. The molecule has 0 unspecified atom stereocenters. The lowest BCUT2D eigenvalue weighted by atomic mass is 10.2. The Morgan fingerprint density at radius 1 is 1.40 bits per heavy atom. The largest absolute Gasteiger partial charge is 0.397 e. The molecule has 0 atom stereocenters. The van der Waals surface area contributed by atoms with Gasteiger partial charge >= 0.3 is 0 Å². The van der Waals surface area contributed by atoms with Gasteiger partial charge in [-0.2, -0.15) is 4.31 Å². The van der Waals surface area contributed by atoms with E-state index in [9.17, 15) is 8.42 Å². The Bertz CT molecular complexity index is 540. The summed E-state index contributed by atoms with van der Waals surface area (Å²) < 4.78 is 31.0. The van der Waals surface area contributed by atoms with Crippen LogP contribution in [0.25, 0.3) is 0 Å². The molecule has 1 aromatic carbocycles. The average Bonchev–Trinajstić information content (AvgIpc) is 2.39. The number of ether oxygens (including phenoxy) is 1. The summed E-state index contributed by atoms with van der Waals surface area (Å²) in [5.74, 6) is 0. The number of sulfonamides is 1. The zero-order chi connectivity index (χ0) is 15.3. The summed E-state index contributed by atoms with van der Waals surface area (Å²) >= 11 is 5.93. The number of nitrogens with zero attached hydrogens (tertiary/aromatic N) is 1. The zero-order valence-corrected chi connectivity index (χ0v) is 13.0. The Morgan fingerprint density at radius 3 is 2.55 bits per heavy atom. The van der Waals surface area contributed by atoms with E-state index in [1.165, 1.54) is 19.2 Å². The van der Waals surface area contributed by atoms with Crippen molar-refractivity contribution in [2.75, 3.05) is 39.1 Å². The van der Waals surface area contributed by atoms with E-state index in [0.717, 1.165) is 4.31 Å². The van der Waals surface area contributed by atoms with Crippen molar-refractivity contribution >= 4 is 27.3 Å². The zero-order valence-electron chi connectivity index (χ0n) is 11.5. The van der Waals surface area contributed by atoms with Crippen LogP contribution in [0.3, 0.4) is 0 Å². The van der Waals surface area contributed by atoms with Crippen LogP contribution < -0.4 is 5.73 Å². The lowest BCUT2D eigenvalue weighted by Gasteiger charge is -2.21. The molecule has 0 bridgehead atoms. The molecule has 1 rings (SSSR count). The molecule has 0 aromatic heterocycles. The van der Waals surface area contributed by atoms with Crippen molar-refractivity contribution in [2.24, 2.45) is 0 Å². The number of benzene rings is 1. The highest BCUT2D eigenvalue weighted by atomic mass is 35.5. The summed E-state index contributed by atoms with van der Waals surface area (Å²) in [6, 6.07) is 2.78. The lowest BCUT2D eigenvalue weighted by Crippen LogP contribution is -2.36. The molecule has 114 valence electrons. The van der Waals surface area contributed by atoms with Crippen LogP contribution in [0.5, 0.6) is 0 Å². The molecule has 0 heterocycles. The highest BCUT2D eigenvalue weighted by Crippen LogP contribution is 2.28. The number of nitrogen functional groups attached to an aromatic ring is 1. The average molecular weight is 323 g/mol. The Kier molecular flexibility index (Phi) is 6.22. The monoisotopic (exact) mass is 322 g/mol. The summed E-state index contributed by atoms with van der Waals surface area (Å²) in [7, 11) is -2.26. The van der Waals surface area contributed by atoms with Crippen molar-refractivity contribution < 1.29 is 18.3 Å². The molecule has 8 heteroatoms. The SMILES string of the molecule is COCCN(CCO)S(=O)(=O)c1cc(C)c(Cl)c(N)c1. The number of rotatable bonds is 7. The summed E-state index contributed by atoms with van der Waals surface area (Å²) in [6.07, 6.45) is 0. The molecule has 0 amide bonds. The molecule has 0 radical (unpaired) electrons. The fourth-order valence-electron chi connectivity index (χ4n) is 1.72. The molecular formula is C12H19ClN2O4S. The molecule has 6 nitrogen and oxygen atoms in total. The summed E-state index contributed by atoms with van der Waals surface area (Å²) in [5, 5.41) is 9.35. The van der Waals surface area contributed by atoms with E-state index in [1.807, 2.05) is 0 Å². The van der Waals surface area contributed by atoms with Crippen LogP contribution in [0.1, 0.15) is 5.56 Å². The fourth-order valence-corrected chi connectivity index (χ4v) is 3.36. The van der Waals surface area contributed by atoms with Crippen LogP contribution in [0.15, 0.2) is 17.0 Å². The molecule has 1 aromatic rings. The minimum Gasteiger partial charge on any atom is -0.397 e. The Balaban J connectivity index is 3.18. The van der Waals surface area contributed by atoms with Gasteiger partial charge in [0.1, 0.15) is 0 Å². The summed E-state index contributed by atoms with van der Waals surface area (Å²) in [4.78, 5) is 0.0569. The van der Waals surface area contributed by atoms with Gasteiger partial charge in [0.25, 0.3) is 0 Å². The molecule has 0 saturated heterocycles. The number of hydrogen-bond donors (Lipinski definition) is 2. The van der Waals surface area contributed by atoms with Crippen molar-refractivity contribution in [1.82, 2.24) is 4.31 Å². The maximum atomic E-state index is 12.5. The van der Waals surface area contributed by atoms with E-state index in [2.05, 4.69) is 0 Å². The van der Waals surface area contributed by atoms with Gasteiger partial charge in [-0.15, -0.1) is 0 Å². The van der Waals surface area contributed by atoms with Crippen molar-refractivity contribution in [3.05, 3.63) is 22.7 Å². The van der Waals surface area contributed by atoms with Gasteiger partial charge in [0.2, 0.25) is 10.0 Å². The highest BCUT2D eigenvalue weighted by Gasteiger charge is 2.25. The number of nitrogens with two attached hydrogens (primary N) is 1. The standard InChI is InChI=1S/C12H19ClN2O4S/c1-9-7-10(8-11(14)12(9)13)20(17,18)15(3-5-16)4-6-19-2/h7-8,16H,3-6,14H2,1-2H3. The Hall–Kier alpha value is -0.860. The molecule has 0 fully saturated rings. The smallest absolute Gasteiger partial charge is 0.243 e. The second-order valence-corrected chi connectivity index (χ2v) is 6.58. The van der Waals surface area contributed by atoms with Gasteiger partial charge in [-0.1, -0.05) is 11.6 Å². The third-order valence-corrected chi connectivity index (χ3v) is 5.18. The first-order valence-corrected chi connectivity index (χ1v) is 7.82. The number of aliphatic hydroxyl groups is 1. The molecule has 0 aliphatic heterocycles. The molecular weight excluding hydrogens is 304 g/mol. The van der Waals surface area contributed by atoms with Crippen LogP contribution in [0.2, 0.25) is 5.02 Å². The lowest BCUT2D eigenvalue weighted by molar-refractivity contribution is 0.168. The highest BCUT2D eigenvalue weighted by molar-refractivity contribution is 7.89. The van der Waals surface area contributed by atoms with Crippen molar-refractivity contribution in [2.45, 2.75) is 11.8 Å². The van der Waals surface area contributed by atoms with Crippen LogP contribution in [-0.2, 0) is 14.8 Å². The quantitative estimate of drug-likeness (QED) is 0.726. The van der Waals surface area contributed by atoms with Gasteiger partial charge in [-0.05, 0) is 24.6 Å². The molecule has 3 N–H and O–H groups in total. The predicted octanol–water partition coefficient (Wildman–Crippen LogP) is 0.860. The molecule has 0 aliphatic rings. The topological polar surface area (TPSA) is 92.9 Å². The second-order valence-electron chi connectivity index (χ2n) is 4.26. The van der Waals surface area contributed by atoms with Crippen molar-refractivity contribution in [1.29, 1.82) is 0 Å².